The van der Waals surface area contributed by atoms with Gasteiger partial charge >= 0.3 is 12.2 Å². The van der Waals surface area contributed by atoms with Crippen LogP contribution in [0.15, 0.2) is 25.3 Å². The van der Waals surface area contributed by atoms with Crippen LogP contribution in [-0.4, -0.2) is 168 Å². The molecule has 8 atom stereocenters. The van der Waals surface area contributed by atoms with E-state index in [1.807, 2.05) is 27.7 Å². The lowest BCUT2D eigenvalue weighted by Gasteiger charge is -2.32. The van der Waals surface area contributed by atoms with Gasteiger partial charge in [0.1, 0.15) is 66.1 Å². The van der Waals surface area contributed by atoms with Crippen LogP contribution in [0.2, 0.25) is 0 Å². The maximum atomic E-state index is 13.2. The van der Waals surface area contributed by atoms with Crippen LogP contribution >= 0.6 is 0 Å². The molecule has 6 heterocycles. The van der Waals surface area contributed by atoms with Crippen LogP contribution in [0, 0.1) is 0 Å². The number of carbonyl (C=O) groups is 3. The van der Waals surface area contributed by atoms with E-state index in [4.69, 9.17) is 42.6 Å². The quantitative estimate of drug-likeness (QED) is 0.0935. The predicted molar refractivity (Wildman–Crippen MR) is 239 cm³/mol. The van der Waals surface area contributed by atoms with Crippen molar-refractivity contribution >= 4 is 52.6 Å². The van der Waals surface area contributed by atoms with Crippen LogP contribution in [0.25, 0.3) is 22.3 Å². The molecule has 0 spiro atoms. The molecule has 4 aromatic heterocycles. The molecule has 24 nitrogen and oxygen atoms in total. The van der Waals surface area contributed by atoms with Gasteiger partial charge in [-0.2, -0.15) is 0 Å². The number of rotatable bonds is 18. The summed E-state index contributed by atoms with van der Waals surface area (Å²) in [4.78, 5) is 63.4. The molecule has 2 saturated heterocycles. The number of amides is 2. The highest BCUT2D eigenvalue weighted by Gasteiger charge is 2.47. The fraction of sp³-hybridized carbons (Fsp3) is 0.698. The zero-order valence-corrected chi connectivity index (χ0v) is 40.3. The zero-order valence-electron chi connectivity index (χ0n) is 40.3. The standard InChI is InChI=1S/C24H37N5O8.C19H29N5O6/c1-8-33-10-15-18(34-9-2)17(31)21(36-15)29-13-27-16-19(25-12-26-20(16)29)28(11-24(6,7)35-14-30)22(32)37-23(3,4)5;1-6-27-8-11-14(28-7-2)13(25)17(29-11)24-10-22-12-15(20-9-21-16(12)24)23-18(26)30-19(3,4)5/h12-15,17-18,21,31H,8-11H2,1-7H3;9-11,13-14,17,25H,6-8H2,1-5H3,(H,20,21,23,26)/t15-,17?,18+,21-;11-,13?,14+,17-/m11/s1. The van der Waals surface area contributed by atoms with E-state index in [-0.39, 0.29) is 30.3 Å². The lowest BCUT2D eigenvalue weighted by molar-refractivity contribution is -0.139. The van der Waals surface area contributed by atoms with Gasteiger partial charge in [0, 0.05) is 26.4 Å². The third-order valence-corrected chi connectivity index (χ3v) is 9.95. The highest BCUT2D eigenvalue weighted by Crippen LogP contribution is 2.36. The molecule has 2 aliphatic rings. The Kier molecular flexibility index (Phi) is 17.9. The van der Waals surface area contributed by atoms with E-state index in [9.17, 15) is 24.6 Å². The molecular weight excluding hydrogens is 881 g/mol. The minimum Gasteiger partial charge on any atom is -0.460 e. The number of imidazole rings is 2. The van der Waals surface area contributed by atoms with E-state index in [1.54, 1.807) is 64.5 Å². The third-order valence-electron chi connectivity index (χ3n) is 9.95. The van der Waals surface area contributed by atoms with Gasteiger partial charge < -0.3 is 52.8 Å². The summed E-state index contributed by atoms with van der Waals surface area (Å²) in [6.07, 6.45) is -1.55. The summed E-state index contributed by atoms with van der Waals surface area (Å²) in [7, 11) is 0. The average Bonchev–Trinajstić information content (AvgIpc) is 4.02. The fourth-order valence-corrected chi connectivity index (χ4v) is 7.28. The van der Waals surface area contributed by atoms with Gasteiger partial charge in [0.15, 0.2) is 46.4 Å². The number of hydrogen-bond acceptors (Lipinski definition) is 20. The molecular formula is C43H66N10O14. The van der Waals surface area contributed by atoms with Gasteiger partial charge in [0.25, 0.3) is 6.47 Å². The predicted octanol–water partition coefficient (Wildman–Crippen LogP) is 4.09. The Balaban J connectivity index is 0.000000256. The highest BCUT2D eigenvalue weighted by atomic mass is 16.6. The van der Waals surface area contributed by atoms with Crippen molar-refractivity contribution in [3.63, 3.8) is 0 Å². The topological polar surface area (TPSA) is 277 Å². The van der Waals surface area contributed by atoms with Crippen molar-refractivity contribution in [3.05, 3.63) is 25.3 Å². The summed E-state index contributed by atoms with van der Waals surface area (Å²) in [5.41, 5.74) is -1.16. The van der Waals surface area contributed by atoms with E-state index in [1.165, 1.54) is 30.2 Å². The number of anilines is 2. The molecule has 2 fully saturated rings. The first-order valence-electron chi connectivity index (χ1n) is 22.2. The number of nitrogens with one attached hydrogen (secondary N) is 1. The highest BCUT2D eigenvalue weighted by molar-refractivity contribution is 5.96. The molecule has 0 bridgehead atoms. The second kappa shape index (κ2) is 22.7. The van der Waals surface area contributed by atoms with Gasteiger partial charge in [-0.15, -0.1) is 0 Å². The van der Waals surface area contributed by atoms with Crippen LogP contribution in [-0.2, 0) is 47.4 Å². The van der Waals surface area contributed by atoms with E-state index in [2.05, 4.69) is 35.2 Å². The van der Waals surface area contributed by atoms with E-state index >= 15 is 0 Å². The Morgan fingerprint density at radius 1 is 0.716 bits per heavy atom. The van der Waals surface area contributed by atoms with Gasteiger partial charge in [0.2, 0.25) is 0 Å². The molecule has 3 N–H and O–H groups in total. The first kappa shape index (κ1) is 52.8. The first-order chi connectivity index (χ1) is 31.7. The Morgan fingerprint density at radius 3 is 1.69 bits per heavy atom. The van der Waals surface area contributed by atoms with E-state index in [0.29, 0.717) is 56.3 Å². The Hall–Kier alpha value is -5.21. The molecule has 372 valence electrons. The Bertz CT molecular complexity index is 2240. The molecule has 2 unspecified atom stereocenters. The van der Waals surface area contributed by atoms with E-state index in [0.717, 1.165) is 0 Å². The summed E-state index contributed by atoms with van der Waals surface area (Å²) in [6, 6.07) is 0. The maximum absolute atomic E-state index is 13.2. The lowest BCUT2D eigenvalue weighted by Crippen LogP contribution is -2.46. The molecule has 67 heavy (non-hydrogen) atoms. The number of ether oxygens (including phenoxy) is 9. The lowest BCUT2D eigenvalue weighted by atomic mass is 10.1. The molecule has 0 aromatic carbocycles. The summed E-state index contributed by atoms with van der Waals surface area (Å²) in [5, 5.41) is 24.5. The van der Waals surface area contributed by atoms with Gasteiger partial charge in [-0.05, 0) is 83.1 Å². The number of aliphatic hydroxyl groups is 2. The second-order valence-electron chi connectivity index (χ2n) is 18.0. The number of nitrogens with zero attached hydrogens (tertiary/aromatic N) is 9. The van der Waals surface area contributed by atoms with Crippen LogP contribution in [0.3, 0.4) is 0 Å². The summed E-state index contributed by atoms with van der Waals surface area (Å²) >= 11 is 0. The Labute approximate surface area is 388 Å². The number of fused-ring (bicyclic) bond motifs is 2. The van der Waals surface area contributed by atoms with Crippen molar-refractivity contribution in [2.45, 2.75) is 149 Å². The maximum Gasteiger partial charge on any atom is 0.416 e. The molecule has 0 radical (unpaired) electrons. The number of aliphatic hydroxyl groups excluding tert-OH is 2. The van der Waals surface area contributed by atoms with Gasteiger partial charge in [0.05, 0.1) is 32.4 Å². The fourth-order valence-electron chi connectivity index (χ4n) is 7.28. The number of hydrogen-bond donors (Lipinski definition) is 3. The van der Waals surface area contributed by atoms with Gasteiger partial charge in [-0.25, -0.2) is 39.5 Å². The first-order valence-corrected chi connectivity index (χ1v) is 22.2. The summed E-state index contributed by atoms with van der Waals surface area (Å²) in [6.45, 7) is 23.9. The molecule has 0 saturated carbocycles. The number of carbonyl (C=O) groups excluding carboxylic acids is 3. The van der Waals surface area contributed by atoms with Crippen molar-refractivity contribution in [2.75, 3.05) is 56.4 Å². The third kappa shape index (κ3) is 13.3. The minimum absolute atomic E-state index is 0.0645. The van der Waals surface area contributed by atoms with Crippen molar-refractivity contribution in [3.8, 4) is 0 Å². The molecule has 6 rings (SSSR count). The average molecular weight is 947 g/mol. The largest absolute Gasteiger partial charge is 0.460 e. The minimum atomic E-state index is -1.06. The van der Waals surface area contributed by atoms with Crippen LogP contribution in [0.4, 0.5) is 21.2 Å². The molecule has 2 amide bonds. The van der Waals surface area contributed by atoms with Crippen LogP contribution < -0.4 is 10.2 Å². The molecule has 0 aliphatic carbocycles. The zero-order chi connectivity index (χ0) is 49.3. The van der Waals surface area contributed by atoms with Crippen LogP contribution in [0.5, 0.6) is 0 Å². The molecule has 24 heteroatoms. The van der Waals surface area contributed by atoms with E-state index < -0.39 is 78.1 Å². The van der Waals surface area contributed by atoms with Crippen LogP contribution in [0.1, 0.15) is 95.5 Å². The Morgan fingerprint density at radius 2 is 1.21 bits per heavy atom. The number of aromatic nitrogens is 8. The van der Waals surface area contributed by atoms with Crippen molar-refractivity contribution in [1.82, 2.24) is 39.0 Å². The van der Waals surface area contributed by atoms with Crippen molar-refractivity contribution < 1.29 is 67.2 Å². The second-order valence-corrected chi connectivity index (χ2v) is 18.0. The SMILES string of the molecule is CCOC[C@H]1O[C@@H](n2cnc3c(N(CC(C)(C)OC=O)C(=O)OC(C)(C)C)ncnc32)C(O)[C@H]1OCC.CCOC[C@H]1O[C@@H](n2cnc3c(NC(=O)OC(C)(C)C)ncnc32)C(O)[C@H]1OCC. The van der Waals surface area contributed by atoms with Gasteiger partial charge in [-0.3, -0.25) is 24.1 Å². The van der Waals surface area contributed by atoms with Gasteiger partial charge in [-0.1, -0.05) is 0 Å². The normalized spacial score (nSPS) is 23.2. The molecule has 2 aliphatic heterocycles. The summed E-state index contributed by atoms with van der Waals surface area (Å²) in [5.74, 6) is 0.355. The molecule has 4 aromatic rings. The van der Waals surface area contributed by atoms with Crippen molar-refractivity contribution in [1.29, 1.82) is 0 Å². The monoisotopic (exact) mass is 946 g/mol. The smallest absolute Gasteiger partial charge is 0.416 e. The van der Waals surface area contributed by atoms with Crippen molar-refractivity contribution in [2.24, 2.45) is 0 Å². The summed E-state index contributed by atoms with van der Waals surface area (Å²) < 4.78 is 53.8.